The maximum atomic E-state index is 13.1. The summed E-state index contributed by atoms with van der Waals surface area (Å²) in [5, 5.41) is 6.98. The third-order valence-electron chi connectivity index (χ3n) is 4.13. The highest BCUT2D eigenvalue weighted by molar-refractivity contribution is 6.00. The lowest BCUT2D eigenvalue weighted by atomic mass is 10.1. The molecule has 0 bridgehead atoms. The van der Waals surface area contributed by atoms with Gasteiger partial charge in [-0.05, 0) is 31.5 Å². The molecule has 1 aliphatic heterocycles. The first-order chi connectivity index (χ1) is 11.6. The van der Waals surface area contributed by atoms with E-state index in [0.29, 0.717) is 30.8 Å². The lowest BCUT2D eigenvalue weighted by molar-refractivity contribution is -0.124. The number of para-hydroxylation sites is 1. The topological polar surface area (TPSA) is 93.3 Å². The summed E-state index contributed by atoms with van der Waals surface area (Å²) in [6.45, 7) is 2.75. The fraction of sp³-hybridized carbons (Fsp3) is 0.353. The summed E-state index contributed by atoms with van der Waals surface area (Å²) in [7, 11) is 0. The van der Waals surface area contributed by atoms with Gasteiger partial charge < -0.3 is 16.0 Å². The Morgan fingerprint density at radius 2 is 2.12 bits per heavy atom. The quantitative estimate of drug-likeness (QED) is 0.857. The van der Waals surface area contributed by atoms with Gasteiger partial charge in [0, 0.05) is 31.5 Å². The Balaban J connectivity index is 1.92. The van der Waals surface area contributed by atoms with Crippen LogP contribution in [0.5, 0.6) is 0 Å². The number of benzene rings is 1. The lowest BCUT2D eigenvalue weighted by Crippen LogP contribution is -2.46. The van der Waals surface area contributed by atoms with Crippen LogP contribution in [0.3, 0.4) is 0 Å². The second-order valence-electron chi connectivity index (χ2n) is 5.83. The number of likely N-dealkylation sites (tertiary alicyclic amines) is 1. The van der Waals surface area contributed by atoms with Crippen LogP contribution in [0.25, 0.3) is 5.69 Å². The van der Waals surface area contributed by atoms with Crippen LogP contribution < -0.4 is 11.1 Å². The summed E-state index contributed by atoms with van der Waals surface area (Å²) in [6, 6.07) is 8.30. The molecule has 2 amide bonds. The van der Waals surface area contributed by atoms with Crippen LogP contribution in [0.15, 0.2) is 42.7 Å². The number of amides is 2. The first kappa shape index (κ1) is 16.2. The average Bonchev–Trinajstić information content (AvgIpc) is 3.24. The molecule has 1 aromatic heterocycles. The Hall–Kier alpha value is -2.67. The molecule has 7 nitrogen and oxygen atoms in total. The van der Waals surface area contributed by atoms with Gasteiger partial charge in [-0.1, -0.05) is 12.1 Å². The number of rotatable bonds is 4. The highest BCUT2D eigenvalue weighted by Gasteiger charge is 2.38. The molecule has 2 aromatic rings. The van der Waals surface area contributed by atoms with Crippen LogP contribution in [0.1, 0.15) is 23.7 Å². The van der Waals surface area contributed by atoms with Crippen LogP contribution in [0.4, 0.5) is 0 Å². The zero-order valence-corrected chi connectivity index (χ0v) is 13.6. The van der Waals surface area contributed by atoms with E-state index in [0.717, 1.165) is 0 Å². The fourth-order valence-corrected chi connectivity index (χ4v) is 3.05. The Kier molecular flexibility index (Phi) is 4.61. The van der Waals surface area contributed by atoms with Gasteiger partial charge in [-0.3, -0.25) is 9.59 Å². The molecule has 0 aliphatic carbocycles. The molecule has 3 rings (SSSR count). The molecular formula is C17H21N5O2. The lowest BCUT2D eigenvalue weighted by Gasteiger charge is -2.24. The highest BCUT2D eigenvalue weighted by atomic mass is 16.2. The number of carbonyl (C=O) groups excluding carboxylic acids is 2. The van der Waals surface area contributed by atoms with E-state index in [1.165, 1.54) is 0 Å². The normalized spacial score (nSPS) is 20.2. The minimum atomic E-state index is -0.530. The number of aromatic nitrogens is 2. The van der Waals surface area contributed by atoms with Crippen LogP contribution in [0.2, 0.25) is 0 Å². The molecule has 3 N–H and O–H groups in total. The van der Waals surface area contributed by atoms with Gasteiger partial charge in [-0.15, -0.1) is 0 Å². The van der Waals surface area contributed by atoms with Gasteiger partial charge in [-0.25, -0.2) is 4.68 Å². The summed E-state index contributed by atoms with van der Waals surface area (Å²) in [4.78, 5) is 26.9. The zero-order valence-electron chi connectivity index (χ0n) is 13.6. The molecular weight excluding hydrogens is 306 g/mol. The molecule has 24 heavy (non-hydrogen) atoms. The second kappa shape index (κ2) is 6.84. The molecule has 1 fully saturated rings. The van der Waals surface area contributed by atoms with Crippen molar-refractivity contribution < 1.29 is 9.59 Å². The van der Waals surface area contributed by atoms with E-state index in [1.807, 2.05) is 19.1 Å². The molecule has 0 radical (unpaired) electrons. The van der Waals surface area contributed by atoms with Crippen LogP contribution in [-0.2, 0) is 4.79 Å². The summed E-state index contributed by atoms with van der Waals surface area (Å²) in [5.41, 5.74) is 7.19. The average molecular weight is 327 g/mol. The van der Waals surface area contributed by atoms with Crippen LogP contribution >= 0.6 is 0 Å². The number of nitrogens with zero attached hydrogens (tertiary/aromatic N) is 3. The van der Waals surface area contributed by atoms with Gasteiger partial charge in [0.05, 0.1) is 11.3 Å². The number of nitrogens with one attached hydrogen (secondary N) is 1. The summed E-state index contributed by atoms with van der Waals surface area (Å²) in [6.07, 6.45) is 3.91. The fourth-order valence-electron chi connectivity index (χ4n) is 3.05. The molecule has 2 heterocycles. The van der Waals surface area contributed by atoms with Crippen molar-refractivity contribution in [3.8, 4) is 5.69 Å². The van der Waals surface area contributed by atoms with Crippen molar-refractivity contribution in [1.29, 1.82) is 0 Å². The Labute approximate surface area is 140 Å². The van der Waals surface area contributed by atoms with E-state index in [2.05, 4.69) is 10.4 Å². The highest BCUT2D eigenvalue weighted by Crippen LogP contribution is 2.23. The van der Waals surface area contributed by atoms with Crippen molar-refractivity contribution >= 4 is 11.8 Å². The molecule has 2 atom stereocenters. The molecule has 1 aromatic carbocycles. The first-order valence-corrected chi connectivity index (χ1v) is 8.05. The monoisotopic (exact) mass is 327 g/mol. The standard InChI is InChI=1S/C17H21N5O2/c1-2-19-16(23)15-10-12(18)11-21(15)17(24)13-6-3-4-7-14(13)22-9-5-8-20-22/h3-9,12,15H,2,10-11,18H2,1H3,(H,19,23)/t12-,15+/m1/s1. The van der Waals surface area contributed by atoms with Crippen molar-refractivity contribution in [2.24, 2.45) is 5.73 Å². The molecule has 0 saturated carbocycles. The minimum absolute atomic E-state index is 0.157. The van der Waals surface area contributed by atoms with Crippen molar-refractivity contribution in [2.75, 3.05) is 13.1 Å². The maximum absolute atomic E-state index is 13.1. The van der Waals surface area contributed by atoms with Crippen molar-refractivity contribution in [3.63, 3.8) is 0 Å². The van der Waals surface area contributed by atoms with Gasteiger partial charge in [0.1, 0.15) is 6.04 Å². The molecule has 1 saturated heterocycles. The van der Waals surface area contributed by atoms with Gasteiger partial charge in [-0.2, -0.15) is 5.10 Å². The van der Waals surface area contributed by atoms with Crippen molar-refractivity contribution in [3.05, 3.63) is 48.3 Å². The number of nitrogens with two attached hydrogens (primary N) is 1. The number of hydrogen-bond donors (Lipinski definition) is 2. The Morgan fingerprint density at radius 1 is 1.33 bits per heavy atom. The van der Waals surface area contributed by atoms with Gasteiger partial charge >= 0.3 is 0 Å². The van der Waals surface area contributed by atoms with Gasteiger partial charge in [0.25, 0.3) is 5.91 Å². The molecule has 0 spiro atoms. The molecule has 1 aliphatic rings. The predicted octanol–water partition coefficient (Wildman–Crippen LogP) is 0.550. The Morgan fingerprint density at radius 3 is 2.83 bits per heavy atom. The molecule has 7 heteroatoms. The summed E-state index contributed by atoms with van der Waals surface area (Å²) < 4.78 is 1.64. The molecule has 126 valence electrons. The zero-order chi connectivity index (χ0) is 17.1. The second-order valence-corrected chi connectivity index (χ2v) is 5.83. The maximum Gasteiger partial charge on any atom is 0.256 e. The van der Waals surface area contributed by atoms with E-state index in [4.69, 9.17) is 5.73 Å². The minimum Gasteiger partial charge on any atom is -0.355 e. The smallest absolute Gasteiger partial charge is 0.256 e. The third kappa shape index (κ3) is 3.03. The van der Waals surface area contributed by atoms with E-state index >= 15 is 0 Å². The van der Waals surface area contributed by atoms with Crippen molar-refractivity contribution in [1.82, 2.24) is 20.0 Å². The Bertz CT molecular complexity index is 728. The van der Waals surface area contributed by atoms with E-state index in [-0.39, 0.29) is 17.9 Å². The van der Waals surface area contributed by atoms with Gasteiger partial charge in [0.15, 0.2) is 0 Å². The van der Waals surface area contributed by atoms with Gasteiger partial charge in [0.2, 0.25) is 5.91 Å². The van der Waals surface area contributed by atoms with E-state index in [9.17, 15) is 9.59 Å². The van der Waals surface area contributed by atoms with E-state index < -0.39 is 6.04 Å². The largest absolute Gasteiger partial charge is 0.355 e. The number of hydrogen-bond acceptors (Lipinski definition) is 4. The third-order valence-corrected chi connectivity index (χ3v) is 4.13. The number of likely N-dealkylation sites (N-methyl/N-ethyl adjacent to an activating group) is 1. The van der Waals surface area contributed by atoms with Crippen molar-refractivity contribution in [2.45, 2.75) is 25.4 Å². The predicted molar refractivity (Wildman–Crippen MR) is 89.7 cm³/mol. The summed E-state index contributed by atoms with van der Waals surface area (Å²) in [5.74, 6) is -0.360. The summed E-state index contributed by atoms with van der Waals surface area (Å²) >= 11 is 0. The first-order valence-electron chi connectivity index (χ1n) is 8.05. The number of carbonyl (C=O) groups is 2. The molecule has 0 unspecified atom stereocenters. The van der Waals surface area contributed by atoms with Crippen LogP contribution in [0, 0.1) is 0 Å². The van der Waals surface area contributed by atoms with Crippen LogP contribution in [-0.4, -0.2) is 51.7 Å². The van der Waals surface area contributed by atoms with E-state index in [1.54, 1.807) is 40.2 Å². The SMILES string of the molecule is CCNC(=O)[C@@H]1C[C@@H](N)CN1C(=O)c1ccccc1-n1cccn1.